The van der Waals surface area contributed by atoms with Gasteiger partial charge in [0.05, 0.1) is 12.1 Å². The van der Waals surface area contributed by atoms with Gasteiger partial charge in [0.15, 0.2) is 0 Å². The van der Waals surface area contributed by atoms with Crippen LogP contribution in [0.3, 0.4) is 0 Å². The molecule has 4 nitrogen and oxygen atoms in total. The molecule has 1 heterocycles. The van der Waals surface area contributed by atoms with Gasteiger partial charge >= 0.3 is 0 Å². The highest BCUT2D eigenvalue weighted by Gasteiger charge is 2.27. The van der Waals surface area contributed by atoms with Crippen molar-refractivity contribution in [1.82, 2.24) is 10.2 Å². The Morgan fingerprint density at radius 1 is 1.43 bits per heavy atom. The van der Waals surface area contributed by atoms with E-state index in [9.17, 15) is 9.90 Å². The summed E-state index contributed by atoms with van der Waals surface area (Å²) in [6.07, 6.45) is 2.45. The number of carbonyl (C=O) groups is 1. The highest BCUT2D eigenvalue weighted by Crippen LogP contribution is 2.18. The lowest BCUT2D eigenvalue weighted by atomic mass is 10.0. The Morgan fingerprint density at radius 3 is 2.81 bits per heavy atom. The van der Waals surface area contributed by atoms with Crippen LogP contribution in [0.25, 0.3) is 0 Å². The zero-order valence-electron chi connectivity index (χ0n) is 12.4. The smallest absolute Gasteiger partial charge is 0.237 e. The molecule has 2 atom stereocenters. The van der Waals surface area contributed by atoms with Crippen LogP contribution in [0.4, 0.5) is 0 Å². The molecule has 0 aromatic heterocycles. The van der Waals surface area contributed by atoms with Gasteiger partial charge in [0.25, 0.3) is 0 Å². The summed E-state index contributed by atoms with van der Waals surface area (Å²) in [4.78, 5) is 14.5. The number of hydrogen-bond donors (Lipinski definition) is 2. The standard InChI is InChI=1S/C16H23ClN2O2/c1-2-19-10-4-3-5-14(19)16(21)18-11-15(20)12-6-8-13(17)9-7-12/h6-9,14-15,20H,2-5,10-11H2,1H3,(H,18,21). The number of halogens is 1. The van der Waals surface area contributed by atoms with Crippen molar-refractivity contribution in [2.75, 3.05) is 19.6 Å². The molecule has 2 unspecified atom stereocenters. The van der Waals surface area contributed by atoms with Crippen LogP contribution < -0.4 is 5.32 Å². The summed E-state index contributed by atoms with van der Waals surface area (Å²) in [6.45, 7) is 4.18. The molecule has 0 saturated carbocycles. The van der Waals surface area contributed by atoms with Crippen LogP contribution in [0.2, 0.25) is 5.02 Å². The van der Waals surface area contributed by atoms with Crippen LogP contribution in [0.1, 0.15) is 37.9 Å². The summed E-state index contributed by atoms with van der Waals surface area (Å²) in [5.41, 5.74) is 0.760. The Hall–Kier alpha value is -1.10. The number of rotatable bonds is 5. The fourth-order valence-electron chi connectivity index (χ4n) is 2.78. The lowest BCUT2D eigenvalue weighted by Gasteiger charge is -2.33. The first-order chi connectivity index (χ1) is 10.1. The minimum Gasteiger partial charge on any atom is -0.387 e. The SMILES string of the molecule is CCN1CCCCC1C(=O)NCC(O)c1ccc(Cl)cc1. The Kier molecular flexibility index (Phi) is 6.03. The van der Waals surface area contributed by atoms with Gasteiger partial charge in [0, 0.05) is 11.6 Å². The van der Waals surface area contributed by atoms with Gasteiger partial charge in [-0.25, -0.2) is 0 Å². The summed E-state index contributed by atoms with van der Waals surface area (Å²) >= 11 is 5.82. The van der Waals surface area contributed by atoms with Crippen LogP contribution >= 0.6 is 11.6 Å². The quantitative estimate of drug-likeness (QED) is 0.878. The van der Waals surface area contributed by atoms with Crippen molar-refractivity contribution in [3.05, 3.63) is 34.9 Å². The van der Waals surface area contributed by atoms with E-state index in [1.807, 2.05) is 0 Å². The van der Waals surface area contributed by atoms with Crippen molar-refractivity contribution in [2.24, 2.45) is 0 Å². The summed E-state index contributed by atoms with van der Waals surface area (Å²) in [5.74, 6) is 0.0181. The van der Waals surface area contributed by atoms with Gasteiger partial charge in [-0.3, -0.25) is 9.69 Å². The fraction of sp³-hybridized carbons (Fsp3) is 0.562. The van der Waals surface area contributed by atoms with Crippen molar-refractivity contribution in [3.63, 3.8) is 0 Å². The van der Waals surface area contributed by atoms with Crippen molar-refractivity contribution in [3.8, 4) is 0 Å². The maximum absolute atomic E-state index is 12.3. The molecule has 21 heavy (non-hydrogen) atoms. The zero-order chi connectivity index (χ0) is 15.2. The molecule has 2 N–H and O–H groups in total. The number of piperidine rings is 1. The highest BCUT2D eigenvalue weighted by atomic mass is 35.5. The number of likely N-dealkylation sites (N-methyl/N-ethyl adjacent to an activating group) is 1. The Morgan fingerprint density at radius 2 is 2.14 bits per heavy atom. The van der Waals surface area contributed by atoms with E-state index >= 15 is 0 Å². The Labute approximate surface area is 131 Å². The second kappa shape index (κ2) is 7.78. The third kappa shape index (κ3) is 4.43. The second-order valence-electron chi connectivity index (χ2n) is 5.45. The lowest BCUT2D eigenvalue weighted by molar-refractivity contribution is -0.128. The van der Waals surface area contributed by atoms with E-state index < -0.39 is 6.10 Å². The summed E-state index contributed by atoms with van der Waals surface area (Å²) in [6, 6.07) is 6.97. The Bertz CT molecular complexity index is 464. The van der Waals surface area contributed by atoms with Gasteiger partial charge in [0.1, 0.15) is 0 Å². The molecule has 2 rings (SSSR count). The first kappa shape index (κ1) is 16.3. The number of aliphatic hydroxyl groups excluding tert-OH is 1. The van der Waals surface area contributed by atoms with E-state index in [-0.39, 0.29) is 18.5 Å². The van der Waals surface area contributed by atoms with E-state index in [1.165, 1.54) is 0 Å². The van der Waals surface area contributed by atoms with Crippen LogP contribution in [-0.4, -0.2) is 41.6 Å². The van der Waals surface area contributed by atoms with E-state index in [0.717, 1.165) is 37.9 Å². The summed E-state index contributed by atoms with van der Waals surface area (Å²) < 4.78 is 0. The van der Waals surface area contributed by atoms with Gasteiger partial charge in [-0.05, 0) is 43.6 Å². The predicted octanol–water partition coefficient (Wildman–Crippen LogP) is 2.36. The largest absolute Gasteiger partial charge is 0.387 e. The molecule has 0 bridgehead atoms. The average Bonchev–Trinajstić information content (AvgIpc) is 2.52. The minimum atomic E-state index is -0.704. The van der Waals surface area contributed by atoms with Crippen LogP contribution in [0, 0.1) is 0 Å². The van der Waals surface area contributed by atoms with Crippen molar-refractivity contribution >= 4 is 17.5 Å². The second-order valence-corrected chi connectivity index (χ2v) is 5.89. The molecule has 1 amide bonds. The van der Waals surface area contributed by atoms with Crippen LogP contribution in [0.15, 0.2) is 24.3 Å². The molecule has 5 heteroatoms. The number of likely N-dealkylation sites (tertiary alicyclic amines) is 1. The number of benzene rings is 1. The molecule has 0 spiro atoms. The van der Waals surface area contributed by atoms with Gasteiger partial charge < -0.3 is 10.4 Å². The van der Waals surface area contributed by atoms with Gasteiger partial charge in [-0.2, -0.15) is 0 Å². The molecule has 1 fully saturated rings. The highest BCUT2D eigenvalue weighted by molar-refractivity contribution is 6.30. The van der Waals surface area contributed by atoms with E-state index in [2.05, 4.69) is 17.1 Å². The fourth-order valence-corrected chi connectivity index (χ4v) is 2.91. The van der Waals surface area contributed by atoms with Gasteiger partial charge in [-0.1, -0.05) is 37.1 Å². The molecule has 1 aromatic rings. The van der Waals surface area contributed by atoms with E-state index in [4.69, 9.17) is 11.6 Å². The van der Waals surface area contributed by atoms with Crippen molar-refractivity contribution in [1.29, 1.82) is 0 Å². The number of amides is 1. The van der Waals surface area contributed by atoms with Crippen molar-refractivity contribution in [2.45, 2.75) is 38.3 Å². The number of nitrogens with one attached hydrogen (secondary N) is 1. The average molecular weight is 311 g/mol. The molecular weight excluding hydrogens is 288 g/mol. The lowest BCUT2D eigenvalue weighted by Crippen LogP contribution is -2.49. The van der Waals surface area contributed by atoms with Crippen molar-refractivity contribution < 1.29 is 9.90 Å². The number of carbonyl (C=O) groups excluding carboxylic acids is 1. The molecule has 1 saturated heterocycles. The molecule has 116 valence electrons. The minimum absolute atomic E-state index is 0.0181. The van der Waals surface area contributed by atoms with Crippen LogP contribution in [0.5, 0.6) is 0 Å². The number of nitrogens with zero attached hydrogens (tertiary/aromatic N) is 1. The topological polar surface area (TPSA) is 52.6 Å². The van der Waals surface area contributed by atoms with Gasteiger partial charge in [-0.15, -0.1) is 0 Å². The van der Waals surface area contributed by atoms with Crippen LogP contribution in [-0.2, 0) is 4.79 Å². The Balaban J connectivity index is 1.86. The number of aliphatic hydroxyl groups is 1. The molecule has 1 aromatic carbocycles. The summed E-state index contributed by atoms with van der Waals surface area (Å²) in [5, 5.41) is 13.6. The maximum atomic E-state index is 12.3. The molecular formula is C16H23ClN2O2. The summed E-state index contributed by atoms with van der Waals surface area (Å²) in [7, 11) is 0. The molecule has 1 aliphatic heterocycles. The normalized spacial score (nSPS) is 21.0. The molecule has 0 aliphatic carbocycles. The zero-order valence-corrected chi connectivity index (χ0v) is 13.1. The van der Waals surface area contributed by atoms with E-state index in [1.54, 1.807) is 24.3 Å². The first-order valence-electron chi connectivity index (χ1n) is 7.57. The molecule has 0 radical (unpaired) electrons. The maximum Gasteiger partial charge on any atom is 0.237 e. The number of hydrogen-bond acceptors (Lipinski definition) is 3. The first-order valence-corrected chi connectivity index (χ1v) is 7.95. The third-order valence-corrected chi connectivity index (χ3v) is 4.30. The van der Waals surface area contributed by atoms with E-state index in [0.29, 0.717) is 5.02 Å². The third-order valence-electron chi connectivity index (χ3n) is 4.05. The van der Waals surface area contributed by atoms with Gasteiger partial charge in [0.2, 0.25) is 5.91 Å². The predicted molar refractivity (Wildman–Crippen MR) is 84.3 cm³/mol. The molecule has 1 aliphatic rings. The monoisotopic (exact) mass is 310 g/mol.